The number of nitrogens with one attached hydrogen (secondary N) is 1. The van der Waals surface area contributed by atoms with Gasteiger partial charge in [-0.2, -0.15) is 5.26 Å². The first-order chi connectivity index (χ1) is 11.7. The van der Waals surface area contributed by atoms with Crippen LogP contribution in [0.25, 0.3) is 0 Å². The van der Waals surface area contributed by atoms with Crippen molar-refractivity contribution in [1.29, 1.82) is 5.26 Å². The molecule has 0 bridgehead atoms. The molecule has 0 aliphatic carbocycles. The van der Waals surface area contributed by atoms with E-state index in [1.54, 1.807) is 29.2 Å². The Morgan fingerprint density at radius 3 is 2.42 bits per heavy atom. The lowest BCUT2D eigenvalue weighted by Crippen LogP contribution is -2.23. The van der Waals surface area contributed by atoms with Crippen molar-refractivity contribution in [2.24, 2.45) is 0 Å². The number of nitriles is 1. The molecule has 1 heterocycles. The largest absolute Gasteiger partial charge is 0.326 e. The van der Waals surface area contributed by atoms with Crippen molar-refractivity contribution in [3.63, 3.8) is 0 Å². The van der Waals surface area contributed by atoms with Crippen molar-refractivity contribution in [3.05, 3.63) is 59.7 Å². The van der Waals surface area contributed by atoms with Crippen molar-refractivity contribution in [3.8, 4) is 6.07 Å². The molecule has 5 nitrogen and oxygen atoms in total. The van der Waals surface area contributed by atoms with Gasteiger partial charge in [0, 0.05) is 24.3 Å². The quantitative estimate of drug-likeness (QED) is 0.941. The third-order valence-electron chi connectivity index (χ3n) is 3.98. The summed E-state index contributed by atoms with van der Waals surface area (Å²) in [5.41, 5.74) is 2.99. The number of hydrogen-bond acceptors (Lipinski definition) is 3. The van der Waals surface area contributed by atoms with Gasteiger partial charge >= 0.3 is 0 Å². The highest BCUT2D eigenvalue weighted by atomic mass is 16.2. The van der Waals surface area contributed by atoms with E-state index in [0.29, 0.717) is 17.7 Å². The van der Waals surface area contributed by atoms with Crippen LogP contribution < -0.4 is 10.2 Å². The Morgan fingerprint density at radius 2 is 1.83 bits per heavy atom. The predicted octanol–water partition coefficient (Wildman–Crippen LogP) is 2.87. The lowest BCUT2D eigenvalue weighted by atomic mass is 10.1. The number of nitrogens with zero attached hydrogens (tertiary/aromatic N) is 2. The minimum absolute atomic E-state index is 0.121. The third kappa shape index (κ3) is 3.61. The van der Waals surface area contributed by atoms with Gasteiger partial charge in [-0.15, -0.1) is 0 Å². The van der Waals surface area contributed by atoms with E-state index in [1.807, 2.05) is 30.3 Å². The van der Waals surface area contributed by atoms with Gasteiger partial charge in [0.05, 0.1) is 18.1 Å². The first-order valence-electron chi connectivity index (χ1n) is 7.85. The van der Waals surface area contributed by atoms with Crippen LogP contribution in [0.5, 0.6) is 0 Å². The molecule has 0 spiro atoms. The SMILES string of the molecule is N#Cc1ccc(NC(=O)Cc2ccc(N3CCCC3=O)cc2)cc1. The van der Waals surface area contributed by atoms with Gasteiger partial charge in [0.1, 0.15) is 0 Å². The molecule has 1 saturated heterocycles. The Bertz CT molecular complexity index is 789. The lowest BCUT2D eigenvalue weighted by Gasteiger charge is -2.15. The van der Waals surface area contributed by atoms with Gasteiger partial charge in [-0.25, -0.2) is 0 Å². The Labute approximate surface area is 140 Å². The Morgan fingerprint density at radius 1 is 1.12 bits per heavy atom. The molecule has 2 aromatic carbocycles. The summed E-state index contributed by atoms with van der Waals surface area (Å²) >= 11 is 0. The summed E-state index contributed by atoms with van der Waals surface area (Å²) in [6.07, 6.45) is 1.76. The summed E-state index contributed by atoms with van der Waals surface area (Å²) in [6.45, 7) is 0.761. The second-order valence-corrected chi connectivity index (χ2v) is 5.73. The number of hydrogen-bond donors (Lipinski definition) is 1. The van der Waals surface area contributed by atoms with Crippen molar-refractivity contribution in [1.82, 2.24) is 0 Å². The third-order valence-corrected chi connectivity index (χ3v) is 3.98. The molecule has 0 aromatic heterocycles. The summed E-state index contributed by atoms with van der Waals surface area (Å²) in [6, 6.07) is 16.3. The molecule has 1 aliphatic rings. The van der Waals surface area contributed by atoms with Gasteiger partial charge in [-0.3, -0.25) is 9.59 Å². The van der Waals surface area contributed by atoms with Crippen LogP contribution in [-0.2, 0) is 16.0 Å². The second kappa shape index (κ2) is 6.97. The zero-order chi connectivity index (χ0) is 16.9. The lowest BCUT2D eigenvalue weighted by molar-refractivity contribution is -0.117. The van der Waals surface area contributed by atoms with Crippen LogP contribution in [0.15, 0.2) is 48.5 Å². The zero-order valence-corrected chi connectivity index (χ0v) is 13.2. The van der Waals surface area contributed by atoms with Crippen LogP contribution in [0.1, 0.15) is 24.0 Å². The number of amides is 2. The monoisotopic (exact) mass is 319 g/mol. The summed E-state index contributed by atoms with van der Waals surface area (Å²) in [5, 5.41) is 11.6. The van der Waals surface area contributed by atoms with Crippen molar-refractivity contribution >= 4 is 23.2 Å². The normalized spacial score (nSPS) is 13.6. The molecule has 1 aliphatic heterocycles. The highest BCUT2D eigenvalue weighted by Crippen LogP contribution is 2.21. The number of anilines is 2. The van der Waals surface area contributed by atoms with Crippen LogP contribution >= 0.6 is 0 Å². The molecule has 5 heteroatoms. The van der Waals surface area contributed by atoms with Gasteiger partial charge in [-0.1, -0.05) is 12.1 Å². The summed E-state index contributed by atoms with van der Waals surface area (Å²) in [7, 11) is 0. The maximum Gasteiger partial charge on any atom is 0.228 e. The van der Waals surface area contributed by atoms with Crippen LogP contribution in [0.2, 0.25) is 0 Å². The standard InChI is InChI=1S/C19H17N3O2/c20-13-15-3-7-16(8-4-15)21-18(23)12-14-5-9-17(10-6-14)22-11-1-2-19(22)24/h3-10H,1-2,11-12H2,(H,21,23). The van der Waals surface area contributed by atoms with Gasteiger partial charge in [0.2, 0.25) is 11.8 Å². The summed E-state index contributed by atoms with van der Waals surface area (Å²) in [4.78, 5) is 25.6. The number of benzene rings is 2. The van der Waals surface area contributed by atoms with Crippen LogP contribution in [0, 0.1) is 11.3 Å². The molecule has 0 radical (unpaired) electrons. The van der Waals surface area contributed by atoms with E-state index in [0.717, 1.165) is 24.2 Å². The van der Waals surface area contributed by atoms with Gasteiger partial charge in [-0.05, 0) is 48.4 Å². The number of carbonyl (C=O) groups excluding carboxylic acids is 2. The fraction of sp³-hybridized carbons (Fsp3) is 0.211. The average Bonchev–Trinajstić information content (AvgIpc) is 3.02. The fourth-order valence-corrected chi connectivity index (χ4v) is 2.73. The first kappa shape index (κ1) is 15.8. The Balaban J connectivity index is 1.60. The van der Waals surface area contributed by atoms with Gasteiger partial charge < -0.3 is 10.2 Å². The van der Waals surface area contributed by atoms with Gasteiger partial charge in [0.25, 0.3) is 0 Å². The van der Waals surface area contributed by atoms with E-state index in [2.05, 4.69) is 5.32 Å². The molecule has 1 fully saturated rings. The molecule has 2 amide bonds. The van der Waals surface area contributed by atoms with E-state index in [1.165, 1.54) is 0 Å². The highest BCUT2D eigenvalue weighted by Gasteiger charge is 2.21. The molecule has 24 heavy (non-hydrogen) atoms. The van der Waals surface area contributed by atoms with Gasteiger partial charge in [0.15, 0.2) is 0 Å². The van der Waals surface area contributed by atoms with E-state index in [9.17, 15) is 9.59 Å². The molecule has 0 atom stereocenters. The minimum atomic E-state index is -0.121. The van der Waals surface area contributed by atoms with Crippen LogP contribution in [0.4, 0.5) is 11.4 Å². The van der Waals surface area contributed by atoms with E-state index in [4.69, 9.17) is 5.26 Å². The van der Waals surface area contributed by atoms with E-state index >= 15 is 0 Å². The average molecular weight is 319 g/mol. The molecular weight excluding hydrogens is 302 g/mol. The Kier molecular flexibility index (Phi) is 4.57. The Hall–Kier alpha value is -3.13. The van der Waals surface area contributed by atoms with Crippen molar-refractivity contribution < 1.29 is 9.59 Å². The van der Waals surface area contributed by atoms with E-state index in [-0.39, 0.29) is 18.2 Å². The van der Waals surface area contributed by atoms with Crippen molar-refractivity contribution in [2.45, 2.75) is 19.3 Å². The maximum absolute atomic E-state index is 12.1. The van der Waals surface area contributed by atoms with Crippen molar-refractivity contribution in [2.75, 3.05) is 16.8 Å². The summed E-state index contributed by atoms with van der Waals surface area (Å²) < 4.78 is 0. The molecule has 2 aromatic rings. The smallest absolute Gasteiger partial charge is 0.228 e. The number of carbonyl (C=O) groups is 2. The zero-order valence-electron chi connectivity index (χ0n) is 13.2. The molecule has 3 rings (SSSR count). The molecule has 0 unspecified atom stereocenters. The predicted molar refractivity (Wildman–Crippen MR) is 91.5 cm³/mol. The minimum Gasteiger partial charge on any atom is -0.326 e. The topological polar surface area (TPSA) is 73.2 Å². The molecule has 120 valence electrons. The highest BCUT2D eigenvalue weighted by molar-refractivity contribution is 5.95. The fourth-order valence-electron chi connectivity index (χ4n) is 2.73. The number of rotatable bonds is 4. The first-order valence-corrected chi connectivity index (χ1v) is 7.85. The maximum atomic E-state index is 12.1. The summed E-state index contributed by atoms with van der Waals surface area (Å²) in [5.74, 6) is 0.0333. The van der Waals surface area contributed by atoms with Crippen LogP contribution in [0.3, 0.4) is 0 Å². The molecular formula is C19H17N3O2. The van der Waals surface area contributed by atoms with Crippen LogP contribution in [-0.4, -0.2) is 18.4 Å². The molecule has 1 N–H and O–H groups in total. The van der Waals surface area contributed by atoms with E-state index < -0.39 is 0 Å². The second-order valence-electron chi connectivity index (χ2n) is 5.73. The molecule has 0 saturated carbocycles.